The minimum Gasteiger partial charge on any atom is -0.326 e. The van der Waals surface area contributed by atoms with Crippen LogP contribution in [0.3, 0.4) is 0 Å². The van der Waals surface area contributed by atoms with E-state index in [0.29, 0.717) is 0 Å². The molecule has 0 bridgehead atoms. The molecule has 0 radical (unpaired) electrons. The first-order valence-corrected chi connectivity index (χ1v) is 10.7. The van der Waals surface area contributed by atoms with Gasteiger partial charge in [0.2, 0.25) is 5.91 Å². The first kappa shape index (κ1) is 20.3. The molecule has 1 N–H and O–H groups in total. The SMILES string of the molecule is Cc1cccc(CN2CCC(C(=O)Nc3ccc(Cc4ccncc4)cc3)CC2)c1. The van der Waals surface area contributed by atoms with E-state index in [0.717, 1.165) is 44.6 Å². The molecule has 0 spiro atoms. The monoisotopic (exact) mass is 399 g/mol. The Morgan fingerprint density at radius 1 is 0.967 bits per heavy atom. The Morgan fingerprint density at radius 2 is 1.67 bits per heavy atom. The van der Waals surface area contributed by atoms with Gasteiger partial charge >= 0.3 is 0 Å². The van der Waals surface area contributed by atoms with Crippen LogP contribution < -0.4 is 5.32 Å². The maximum atomic E-state index is 12.7. The standard InChI is InChI=1S/C26H29N3O/c1-20-3-2-4-23(17-20)19-29-15-11-24(12-16-29)26(30)28-25-7-5-21(6-8-25)18-22-9-13-27-14-10-22/h2-10,13-14,17,24H,11-12,15-16,18-19H2,1H3,(H,28,30). The summed E-state index contributed by atoms with van der Waals surface area (Å²) in [4.78, 5) is 19.2. The lowest BCUT2D eigenvalue weighted by Gasteiger charge is -2.31. The molecule has 1 saturated heterocycles. The zero-order valence-corrected chi connectivity index (χ0v) is 17.6. The quantitative estimate of drug-likeness (QED) is 0.646. The Bertz CT molecular complexity index is 961. The number of anilines is 1. The van der Waals surface area contributed by atoms with Crippen molar-refractivity contribution in [3.8, 4) is 0 Å². The largest absolute Gasteiger partial charge is 0.326 e. The summed E-state index contributed by atoms with van der Waals surface area (Å²) in [6.45, 7) is 5.04. The lowest BCUT2D eigenvalue weighted by Crippen LogP contribution is -2.37. The van der Waals surface area contributed by atoms with E-state index in [-0.39, 0.29) is 11.8 Å². The number of carbonyl (C=O) groups excluding carboxylic acids is 1. The Hall–Kier alpha value is -2.98. The summed E-state index contributed by atoms with van der Waals surface area (Å²) in [7, 11) is 0. The van der Waals surface area contributed by atoms with Gasteiger partial charge in [-0.15, -0.1) is 0 Å². The molecular weight excluding hydrogens is 370 g/mol. The molecule has 1 amide bonds. The van der Waals surface area contributed by atoms with E-state index in [1.54, 1.807) is 0 Å². The average Bonchev–Trinajstić information content (AvgIpc) is 2.76. The number of piperidine rings is 1. The summed E-state index contributed by atoms with van der Waals surface area (Å²) < 4.78 is 0. The van der Waals surface area contributed by atoms with E-state index in [1.807, 2.05) is 36.7 Å². The number of likely N-dealkylation sites (tertiary alicyclic amines) is 1. The van der Waals surface area contributed by atoms with E-state index < -0.39 is 0 Å². The molecule has 0 saturated carbocycles. The normalized spacial score (nSPS) is 15.1. The number of hydrogen-bond donors (Lipinski definition) is 1. The number of nitrogens with one attached hydrogen (secondary N) is 1. The van der Waals surface area contributed by atoms with Gasteiger partial charge in [0.05, 0.1) is 0 Å². The number of carbonyl (C=O) groups is 1. The molecule has 30 heavy (non-hydrogen) atoms. The third-order valence-corrected chi connectivity index (χ3v) is 5.83. The van der Waals surface area contributed by atoms with Crippen LogP contribution in [0.1, 0.15) is 35.1 Å². The highest BCUT2D eigenvalue weighted by Gasteiger charge is 2.25. The molecule has 154 valence electrons. The van der Waals surface area contributed by atoms with Gasteiger partial charge < -0.3 is 5.32 Å². The smallest absolute Gasteiger partial charge is 0.227 e. The second-order valence-corrected chi connectivity index (χ2v) is 8.26. The molecule has 4 rings (SSSR count). The van der Waals surface area contributed by atoms with Crippen LogP contribution in [0.25, 0.3) is 0 Å². The minimum atomic E-state index is 0.0928. The predicted octanol–water partition coefficient (Wildman–Crippen LogP) is 4.83. The Kier molecular flexibility index (Phi) is 6.55. The highest BCUT2D eigenvalue weighted by molar-refractivity contribution is 5.92. The van der Waals surface area contributed by atoms with E-state index in [2.05, 4.69) is 58.5 Å². The second kappa shape index (κ2) is 9.68. The summed E-state index contributed by atoms with van der Waals surface area (Å²) in [5.74, 6) is 0.238. The second-order valence-electron chi connectivity index (χ2n) is 8.26. The average molecular weight is 400 g/mol. The first-order chi connectivity index (χ1) is 14.7. The van der Waals surface area contributed by atoms with Gasteiger partial charge in [-0.1, -0.05) is 42.0 Å². The van der Waals surface area contributed by atoms with Crippen molar-refractivity contribution in [2.24, 2.45) is 5.92 Å². The fourth-order valence-corrected chi connectivity index (χ4v) is 4.11. The number of hydrogen-bond acceptors (Lipinski definition) is 3. The molecule has 1 aliphatic heterocycles. The molecule has 1 fully saturated rings. The van der Waals surface area contributed by atoms with Crippen molar-refractivity contribution in [3.05, 3.63) is 95.3 Å². The molecule has 2 aromatic carbocycles. The fourth-order valence-electron chi connectivity index (χ4n) is 4.11. The molecule has 4 heteroatoms. The van der Waals surface area contributed by atoms with E-state index in [9.17, 15) is 4.79 Å². The zero-order chi connectivity index (χ0) is 20.8. The molecule has 3 aromatic rings. The lowest BCUT2D eigenvalue weighted by molar-refractivity contribution is -0.121. The van der Waals surface area contributed by atoms with Gasteiger partial charge in [0.25, 0.3) is 0 Å². The molecule has 0 atom stereocenters. The minimum absolute atomic E-state index is 0.0928. The van der Waals surface area contributed by atoms with Crippen molar-refractivity contribution >= 4 is 11.6 Å². The van der Waals surface area contributed by atoms with Crippen LogP contribution in [0.15, 0.2) is 73.1 Å². The Balaban J connectivity index is 1.25. The third kappa shape index (κ3) is 5.55. The number of rotatable bonds is 6. The van der Waals surface area contributed by atoms with Crippen LogP contribution in [0.2, 0.25) is 0 Å². The van der Waals surface area contributed by atoms with Crippen molar-refractivity contribution < 1.29 is 4.79 Å². The molecule has 0 aliphatic carbocycles. The number of pyridine rings is 1. The van der Waals surface area contributed by atoms with Crippen LogP contribution in [0.4, 0.5) is 5.69 Å². The van der Waals surface area contributed by atoms with Crippen LogP contribution in [0, 0.1) is 12.8 Å². The first-order valence-electron chi connectivity index (χ1n) is 10.7. The van der Waals surface area contributed by atoms with E-state index >= 15 is 0 Å². The summed E-state index contributed by atoms with van der Waals surface area (Å²) in [5, 5.41) is 3.11. The fraction of sp³-hybridized carbons (Fsp3) is 0.308. The molecule has 2 heterocycles. The summed E-state index contributed by atoms with van der Waals surface area (Å²) in [6.07, 6.45) is 6.33. The lowest BCUT2D eigenvalue weighted by atomic mass is 9.95. The van der Waals surface area contributed by atoms with Crippen LogP contribution >= 0.6 is 0 Å². The summed E-state index contributed by atoms with van der Waals surface area (Å²) in [6, 6.07) is 20.9. The number of aromatic nitrogens is 1. The van der Waals surface area contributed by atoms with Gasteiger partial charge in [-0.3, -0.25) is 14.7 Å². The molecular formula is C26H29N3O. The van der Waals surface area contributed by atoms with Crippen LogP contribution in [0.5, 0.6) is 0 Å². The van der Waals surface area contributed by atoms with Crippen molar-refractivity contribution in [1.29, 1.82) is 0 Å². The summed E-state index contributed by atoms with van der Waals surface area (Å²) >= 11 is 0. The molecule has 1 aromatic heterocycles. The number of nitrogens with zero attached hydrogens (tertiary/aromatic N) is 2. The topological polar surface area (TPSA) is 45.2 Å². The van der Waals surface area contributed by atoms with Gasteiger partial charge in [0.15, 0.2) is 0 Å². The van der Waals surface area contributed by atoms with E-state index in [4.69, 9.17) is 0 Å². The predicted molar refractivity (Wildman–Crippen MR) is 121 cm³/mol. The Labute approximate surface area is 179 Å². The number of benzene rings is 2. The molecule has 1 aliphatic rings. The maximum absolute atomic E-state index is 12.7. The van der Waals surface area contributed by atoms with Crippen LogP contribution in [-0.4, -0.2) is 28.9 Å². The van der Waals surface area contributed by atoms with Crippen molar-refractivity contribution in [2.75, 3.05) is 18.4 Å². The van der Waals surface area contributed by atoms with E-state index in [1.165, 1.54) is 22.3 Å². The van der Waals surface area contributed by atoms with Crippen molar-refractivity contribution in [1.82, 2.24) is 9.88 Å². The van der Waals surface area contributed by atoms with Gasteiger partial charge in [-0.25, -0.2) is 0 Å². The molecule has 4 nitrogen and oxygen atoms in total. The van der Waals surface area contributed by atoms with Crippen LogP contribution in [-0.2, 0) is 17.8 Å². The third-order valence-electron chi connectivity index (χ3n) is 5.83. The van der Waals surface area contributed by atoms with Crippen molar-refractivity contribution in [3.63, 3.8) is 0 Å². The van der Waals surface area contributed by atoms with Gasteiger partial charge in [0.1, 0.15) is 0 Å². The van der Waals surface area contributed by atoms with Gasteiger partial charge in [-0.2, -0.15) is 0 Å². The zero-order valence-electron chi connectivity index (χ0n) is 17.6. The number of aryl methyl sites for hydroxylation is 1. The highest BCUT2D eigenvalue weighted by Crippen LogP contribution is 2.22. The Morgan fingerprint density at radius 3 is 2.37 bits per heavy atom. The van der Waals surface area contributed by atoms with Gasteiger partial charge in [0, 0.05) is 30.5 Å². The van der Waals surface area contributed by atoms with Crippen molar-refractivity contribution in [2.45, 2.75) is 32.7 Å². The maximum Gasteiger partial charge on any atom is 0.227 e. The summed E-state index contributed by atoms with van der Waals surface area (Å²) in [5.41, 5.74) is 5.99. The number of amides is 1. The van der Waals surface area contributed by atoms with Gasteiger partial charge in [-0.05, 0) is 80.2 Å². The highest BCUT2D eigenvalue weighted by atomic mass is 16.1. The molecule has 0 unspecified atom stereocenters.